The first kappa shape index (κ1) is 17.8. The van der Waals surface area contributed by atoms with Crippen LogP contribution in [0.15, 0.2) is 57.7 Å². The van der Waals surface area contributed by atoms with Crippen molar-refractivity contribution in [2.75, 3.05) is 0 Å². The summed E-state index contributed by atoms with van der Waals surface area (Å²) in [6, 6.07) is 11.5. The summed E-state index contributed by atoms with van der Waals surface area (Å²) in [5.74, 6) is -0.0761. The highest BCUT2D eigenvalue weighted by molar-refractivity contribution is 5.84. The Morgan fingerprint density at radius 2 is 1.81 bits per heavy atom. The second-order valence-electron chi connectivity index (χ2n) is 5.51. The maximum atomic E-state index is 12.6. The van der Waals surface area contributed by atoms with Crippen LogP contribution in [0.4, 0.5) is 13.2 Å². The molecule has 0 saturated heterocycles. The molecule has 0 spiro atoms. The number of fused-ring (bicyclic) bond motifs is 1. The number of hydrogen-bond donors (Lipinski definition) is 1. The molecule has 136 valence electrons. The predicted molar refractivity (Wildman–Crippen MR) is 88.9 cm³/mol. The van der Waals surface area contributed by atoms with Crippen molar-refractivity contribution in [2.45, 2.75) is 19.5 Å². The zero-order valence-electron chi connectivity index (χ0n) is 13.5. The Morgan fingerprint density at radius 3 is 2.50 bits per heavy atom. The van der Waals surface area contributed by atoms with Crippen molar-refractivity contribution in [2.24, 2.45) is 5.73 Å². The Bertz CT molecular complexity index is 996. The lowest BCUT2D eigenvalue weighted by Gasteiger charge is -2.13. The minimum Gasteiger partial charge on any atom is -0.476 e. The van der Waals surface area contributed by atoms with Gasteiger partial charge in [-0.05, 0) is 31.2 Å². The maximum absolute atomic E-state index is 12.6. The van der Waals surface area contributed by atoms with Gasteiger partial charge in [-0.15, -0.1) is 13.2 Å². The zero-order valence-corrected chi connectivity index (χ0v) is 13.5. The number of para-hydroxylation sites is 1. The van der Waals surface area contributed by atoms with Gasteiger partial charge in [-0.3, -0.25) is 5.73 Å². The van der Waals surface area contributed by atoms with Crippen LogP contribution < -0.4 is 20.8 Å². The molecule has 0 radical (unpaired) electrons. The van der Waals surface area contributed by atoms with Crippen LogP contribution in [0.2, 0.25) is 0 Å². The molecule has 1 atom stereocenters. The topological polar surface area (TPSA) is 74.7 Å². The van der Waals surface area contributed by atoms with Gasteiger partial charge in [-0.1, -0.05) is 18.2 Å². The average molecular weight is 365 g/mol. The third-order valence-electron chi connectivity index (χ3n) is 3.43. The average Bonchev–Trinajstić information content (AvgIpc) is 2.53. The van der Waals surface area contributed by atoms with Crippen molar-refractivity contribution in [3.05, 3.63) is 59.0 Å². The van der Waals surface area contributed by atoms with Gasteiger partial charge < -0.3 is 13.9 Å². The summed E-state index contributed by atoms with van der Waals surface area (Å²) in [5, 5.41) is 0.512. The molecule has 1 heterocycles. The number of benzene rings is 2. The number of halogens is 3. The highest BCUT2D eigenvalue weighted by atomic mass is 19.4. The second-order valence-corrected chi connectivity index (χ2v) is 5.51. The van der Waals surface area contributed by atoms with E-state index in [9.17, 15) is 18.0 Å². The third kappa shape index (κ3) is 3.97. The van der Waals surface area contributed by atoms with Gasteiger partial charge in [0.2, 0.25) is 0 Å². The fourth-order valence-corrected chi connectivity index (χ4v) is 2.47. The van der Waals surface area contributed by atoms with Gasteiger partial charge in [0, 0.05) is 17.0 Å². The summed E-state index contributed by atoms with van der Waals surface area (Å²) in [5.41, 5.74) is 4.92. The normalized spacial score (nSPS) is 12.8. The quantitative estimate of drug-likeness (QED) is 0.558. The van der Waals surface area contributed by atoms with E-state index in [1.54, 1.807) is 19.1 Å². The number of nitrogens with two attached hydrogens (primary N) is 1. The molecule has 0 aliphatic rings. The van der Waals surface area contributed by atoms with Crippen LogP contribution in [0.1, 0.15) is 6.92 Å². The van der Waals surface area contributed by atoms with Gasteiger partial charge in [-0.2, -0.15) is 0 Å². The van der Waals surface area contributed by atoms with Gasteiger partial charge in [0.15, 0.2) is 0 Å². The van der Waals surface area contributed by atoms with E-state index in [1.165, 1.54) is 30.3 Å². The minimum atomic E-state index is -4.88. The lowest BCUT2D eigenvalue weighted by Crippen LogP contribution is -2.22. The van der Waals surface area contributed by atoms with E-state index in [0.717, 1.165) is 6.07 Å². The van der Waals surface area contributed by atoms with Crippen molar-refractivity contribution in [3.8, 4) is 22.6 Å². The predicted octanol–water partition coefficient (Wildman–Crippen LogP) is 4.04. The molecule has 0 bridgehead atoms. The van der Waals surface area contributed by atoms with Gasteiger partial charge in [0.1, 0.15) is 23.3 Å². The molecule has 0 amide bonds. The van der Waals surface area contributed by atoms with Gasteiger partial charge in [0.25, 0.3) is 0 Å². The van der Waals surface area contributed by atoms with E-state index in [0.29, 0.717) is 11.1 Å². The van der Waals surface area contributed by atoms with Crippen LogP contribution in [0.25, 0.3) is 22.1 Å². The first-order chi connectivity index (χ1) is 12.2. The smallest absolute Gasteiger partial charge is 0.476 e. The summed E-state index contributed by atoms with van der Waals surface area (Å²) < 4.78 is 52.3. The molecule has 0 aliphatic carbocycles. The fourth-order valence-electron chi connectivity index (χ4n) is 2.47. The molecular formula is C18H14F3NO4. The van der Waals surface area contributed by atoms with E-state index in [-0.39, 0.29) is 16.7 Å². The Labute approximate surface area is 145 Å². The molecule has 8 heteroatoms. The SMILES string of the molecule is C[C@@H](N)Oc1ccc2cc(-c3ccccc3OC(F)(F)F)c(=O)oc2c1. The van der Waals surface area contributed by atoms with Crippen LogP contribution in [-0.4, -0.2) is 12.6 Å². The van der Waals surface area contributed by atoms with Gasteiger partial charge in [-0.25, -0.2) is 4.79 Å². The van der Waals surface area contributed by atoms with Crippen molar-refractivity contribution >= 4 is 11.0 Å². The van der Waals surface area contributed by atoms with Gasteiger partial charge in [0.05, 0.1) is 5.56 Å². The van der Waals surface area contributed by atoms with Crippen LogP contribution in [0.3, 0.4) is 0 Å². The highest BCUT2D eigenvalue weighted by Gasteiger charge is 2.32. The summed E-state index contributed by atoms with van der Waals surface area (Å²) in [7, 11) is 0. The summed E-state index contributed by atoms with van der Waals surface area (Å²) in [4.78, 5) is 12.3. The number of alkyl halides is 3. The van der Waals surface area contributed by atoms with E-state index < -0.39 is 24.0 Å². The molecule has 0 unspecified atom stereocenters. The standard InChI is InChI=1S/C18H14F3NO4/c1-10(22)24-12-7-6-11-8-14(17(23)25-16(11)9-12)13-4-2-3-5-15(13)26-18(19,20)21/h2-10H,22H2,1H3/t10-/m0/s1. The molecule has 3 aromatic rings. The zero-order chi connectivity index (χ0) is 18.9. The van der Waals surface area contributed by atoms with Crippen LogP contribution in [-0.2, 0) is 0 Å². The lowest BCUT2D eigenvalue weighted by molar-refractivity contribution is -0.274. The molecule has 0 fully saturated rings. The minimum absolute atomic E-state index is 0.0172. The number of rotatable bonds is 4. The van der Waals surface area contributed by atoms with E-state index in [2.05, 4.69) is 4.74 Å². The van der Waals surface area contributed by atoms with Crippen molar-refractivity contribution in [1.29, 1.82) is 0 Å². The maximum Gasteiger partial charge on any atom is 0.573 e. The first-order valence-corrected chi connectivity index (χ1v) is 7.58. The first-order valence-electron chi connectivity index (χ1n) is 7.58. The number of ether oxygens (including phenoxy) is 2. The molecular weight excluding hydrogens is 351 g/mol. The highest BCUT2D eigenvalue weighted by Crippen LogP contribution is 2.33. The summed E-state index contributed by atoms with van der Waals surface area (Å²) in [6.45, 7) is 1.64. The molecule has 3 rings (SSSR count). The van der Waals surface area contributed by atoms with Crippen LogP contribution >= 0.6 is 0 Å². The largest absolute Gasteiger partial charge is 0.573 e. The Balaban J connectivity index is 2.10. The van der Waals surface area contributed by atoms with Crippen LogP contribution in [0.5, 0.6) is 11.5 Å². The number of hydrogen-bond acceptors (Lipinski definition) is 5. The van der Waals surface area contributed by atoms with Crippen molar-refractivity contribution in [1.82, 2.24) is 0 Å². The monoisotopic (exact) mass is 365 g/mol. The molecule has 0 saturated carbocycles. The third-order valence-corrected chi connectivity index (χ3v) is 3.43. The fraction of sp³-hybridized carbons (Fsp3) is 0.167. The Kier molecular flexibility index (Phi) is 4.60. The van der Waals surface area contributed by atoms with E-state index in [4.69, 9.17) is 14.9 Å². The van der Waals surface area contributed by atoms with E-state index >= 15 is 0 Å². The van der Waals surface area contributed by atoms with Gasteiger partial charge >= 0.3 is 12.0 Å². The summed E-state index contributed by atoms with van der Waals surface area (Å²) in [6.07, 6.45) is -5.43. The van der Waals surface area contributed by atoms with E-state index in [1.807, 2.05) is 0 Å². The van der Waals surface area contributed by atoms with Crippen molar-refractivity contribution in [3.63, 3.8) is 0 Å². The van der Waals surface area contributed by atoms with Crippen LogP contribution in [0, 0.1) is 0 Å². The lowest BCUT2D eigenvalue weighted by atomic mass is 10.0. The second kappa shape index (κ2) is 6.72. The summed E-state index contributed by atoms with van der Waals surface area (Å²) >= 11 is 0. The Morgan fingerprint density at radius 1 is 1.08 bits per heavy atom. The molecule has 26 heavy (non-hydrogen) atoms. The molecule has 2 aromatic carbocycles. The molecule has 0 aliphatic heterocycles. The molecule has 1 aromatic heterocycles. The van der Waals surface area contributed by atoms with Crippen molar-refractivity contribution < 1.29 is 27.1 Å². The Hall–Kier alpha value is -3.00. The molecule has 5 nitrogen and oxygen atoms in total. The molecule has 2 N–H and O–H groups in total.